The Bertz CT molecular complexity index is 953. The van der Waals surface area contributed by atoms with Gasteiger partial charge in [0.2, 0.25) is 5.91 Å². The summed E-state index contributed by atoms with van der Waals surface area (Å²) < 4.78 is 2.03. The fourth-order valence-electron chi connectivity index (χ4n) is 4.02. The lowest BCUT2D eigenvalue weighted by molar-refractivity contribution is -0.122. The van der Waals surface area contributed by atoms with Gasteiger partial charge in [0.15, 0.2) is 0 Å². The molecule has 2 aromatic heterocycles. The molecule has 1 amide bonds. The molecule has 4 rings (SSSR count). The van der Waals surface area contributed by atoms with Crippen molar-refractivity contribution in [1.29, 1.82) is 0 Å². The molecule has 6 heteroatoms. The summed E-state index contributed by atoms with van der Waals surface area (Å²) in [6, 6.07) is 8.40. The molecule has 1 aliphatic rings. The Kier molecular flexibility index (Phi) is 4.79. The first kappa shape index (κ1) is 18.5. The number of rotatable bonds is 5. The van der Waals surface area contributed by atoms with Gasteiger partial charge in [-0.15, -0.1) is 0 Å². The van der Waals surface area contributed by atoms with Crippen LogP contribution in [0.4, 0.5) is 0 Å². The van der Waals surface area contributed by atoms with E-state index in [9.17, 15) is 4.79 Å². The van der Waals surface area contributed by atoms with Gasteiger partial charge in [-0.05, 0) is 49.3 Å². The van der Waals surface area contributed by atoms with E-state index in [2.05, 4.69) is 65.6 Å². The molecule has 0 bridgehead atoms. The molecular weight excluding hydrogens is 350 g/mol. The number of aromatic amines is 1. The van der Waals surface area contributed by atoms with Crippen molar-refractivity contribution in [3.8, 4) is 5.69 Å². The molecule has 3 aromatic rings. The van der Waals surface area contributed by atoms with Gasteiger partial charge in [0.05, 0.1) is 29.8 Å². The molecule has 0 radical (unpaired) electrons. The summed E-state index contributed by atoms with van der Waals surface area (Å²) in [4.78, 5) is 12.6. The Balaban J connectivity index is 1.55. The summed E-state index contributed by atoms with van der Waals surface area (Å²) in [5.74, 6) is 0.0675. The standard InChI is InChI=1S/C22H27N5O/c1-15-4-7-17(8-5-15)27-20-11-22(2,3)10-19(18(20)14-25-27)26-21(28)9-6-16-12-23-24-13-16/h4-5,7-8,12-14,19H,6,9-11H2,1-3H3,(H,23,24)(H,26,28). The van der Waals surface area contributed by atoms with Crippen molar-refractivity contribution < 1.29 is 4.79 Å². The van der Waals surface area contributed by atoms with Gasteiger partial charge in [0, 0.05) is 18.2 Å². The normalized spacial score (nSPS) is 17.9. The minimum atomic E-state index is -0.00482. The third-order valence-electron chi connectivity index (χ3n) is 5.49. The van der Waals surface area contributed by atoms with Gasteiger partial charge in [0.1, 0.15) is 0 Å². The van der Waals surface area contributed by atoms with E-state index in [1.807, 2.05) is 17.1 Å². The minimum Gasteiger partial charge on any atom is -0.349 e. The highest BCUT2D eigenvalue weighted by atomic mass is 16.1. The van der Waals surface area contributed by atoms with E-state index in [1.165, 1.54) is 11.3 Å². The lowest BCUT2D eigenvalue weighted by atomic mass is 9.74. The van der Waals surface area contributed by atoms with Crippen LogP contribution < -0.4 is 5.32 Å². The van der Waals surface area contributed by atoms with Gasteiger partial charge >= 0.3 is 0 Å². The largest absolute Gasteiger partial charge is 0.349 e. The maximum absolute atomic E-state index is 12.6. The molecule has 1 atom stereocenters. The smallest absolute Gasteiger partial charge is 0.220 e. The molecule has 2 heterocycles. The zero-order valence-corrected chi connectivity index (χ0v) is 16.7. The van der Waals surface area contributed by atoms with Crippen LogP contribution in [0.2, 0.25) is 0 Å². The molecule has 1 aromatic carbocycles. The Hall–Kier alpha value is -2.89. The number of benzene rings is 1. The van der Waals surface area contributed by atoms with E-state index in [0.29, 0.717) is 12.8 Å². The van der Waals surface area contributed by atoms with E-state index in [-0.39, 0.29) is 17.4 Å². The monoisotopic (exact) mass is 377 g/mol. The van der Waals surface area contributed by atoms with E-state index < -0.39 is 0 Å². The molecule has 0 saturated carbocycles. The van der Waals surface area contributed by atoms with Crippen LogP contribution in [0.1, 0.15) is 55.1 Å². The lowest BCUT2D eigenvalue weighted by Crippen LogP contribution is -2.36. The van der Waals surface area contributed by atoms with Crippen LogP contribution in [-0.4, -0.2) is 25.9 Å². The van der Waals surface area contributed by atoms with Gasteiger partial charge in [-0.2, -0.15) is 10.2 Å². The van der Waals surface area contributed by atoms with Crippen molar-refractivity contribution in [2.45, 2.75) is 52.5 Å². The second-order valence-electron chi connectivity index (χ2n) is 8.57. The fraction of sp³-hybridized carbons (Fsp3) is 0.409. The molecule has 28 heavy (non-hydrogen) atoms. The molecule has 0 spiro atoms. The lowest BCUT2D eigenvalue weighted by Gasteiger charge is -2.36. The number of carbonyl (C=O) groups excluding carboxylic acids is 1. The Morgan fingerprint density at radius 1 is 1.29 bits per heavy atom. The van der Waals surface area contributed by atoms with Crippen molar-refractivity contribution in [3.63, 3.8) is 0 Å². The second kappa shape index (κ2) is 7.26. The highest BCUT2D eigenvalue weighted by Crippen LogP contribution is 2.41. The van der Waals surface area contributed by atoms with Crippen LogP contribution in [0.15, 0.2) is 42.9 Å². The number of aryl methyl sites for hydroxylation is 2. The van der Waals surface area contributed by atoms with Crippen molar-refractivity contribution in [3.05, 3.63) is 65.2 Å². The number of hydrogen-bond donors (Lipinski definition) is 2. The number of amides is 1. The maximum Gasteiger partial charge on any atom is 0.220 e. The van der Waals surface area contributed by atoms with E-state index in [4.69, 9.17) is 0 Å². The van der Waals surface area contributed by atoms with Gasteiger partial charge in [-0.3, -0.25) is 9.89 Å². The molecule has 0 saturated heterocycles. The molecule has 1 unspecified atom stereocenters. The molecule has 6 nitrogen and oxygen atoms in total. The zero-order valence-electron chi connectivity index (χ0n) is 16.7. The summed E-state index contributed by atoms with van der Waals surface area (Å²) in [6.45, 7) is 6.60. The first-order valence-electron chi connectivity index (χ1n) is 9.82. The van der Waals surface area contributed by atoms with Crippen LogP contribution in [0.25, 0.3) is 5.69 Å². The summed E-state index contributed by atoms with van der Waals surface area (Å²) in [5, 5.41) is 14.6. The van der Waals surface area contributed by atoms with E-state index >= 15 is 0 Å². The van der Waals surface area contributed by atoms with Crippen LogP contribution in [-0.2, 0) is 17.6 Å². The summed E-state index contributed by atoms with van der Waals surface area (Å²) >= 11 is 0. The minimum absolute atomic E-state index is 0.00482. The van der Waals surface area contributed by atoms with Gasteiger partial charge < -0.3 is 5.32 Å². The quantitative estimate of drug-likeness (QED) is 0.712. The number of fused-ring (bicyclic) bond motifs is 1. The number of nitrogens with zero attached hydrogens (tertiary/aromatic N) is 3. The second-order valence-corrected chi connectivity index (χ2v) is 8.57. The molecule has 0 fully saturated rings. The van der Waals surface area contributed by atoms with Crippen molar-refractivity contribution >= 4 is 5.91 Å². The zero-order chi connectivity index (χ0) is 19.7. The molecule has 0 aliphatic heterocycles. The first-order valence-corrected chi connectivity index (χ1v) is 9.82. The van der Waals surface area contributed by atoms with Crippen LogP contribution in [0.5, 0.6) is 0 Å². The number of aromatic nitrogens is 4. The number of hydrogen-bond acceptors (Lipinski definition) is 3. The topological polar surface area (TPSA) is 75.6 Å². The molecular formula is C22H27N5O. The summed E-state index contributed by atoms with van der Waals surface area (Å²) in [5.41, 5.74) is 5.77. The Labute approximate surface area is 165 Å². The van der Waals surface area contributed by atoms with E-state index in [1.54, 1.807) is 6.20 Å². The van der Waals surface area contributed by atoms with Crippen LogP contribution in [0, 0.1) is 12.3 Å². The SMILES string of the molecule is Cc1ccc(-n2ncc3c2CC(C)(C)CC3NC(=O)CCc2cn[nH]c2)cc1. The van der Waals surface area contributed by atoms with Crippen LogP contribution >= 0.6 is 0 Å². The molecule has 2 N–H and O–H groups in total. The predicted molar refractivity (Wildman–Crippen MR) is 108 cm³/mol. The predicted octanol–water partition coefficient (Wildman–Crippen LogP) is 3.67. The third kappa shape index (κ3) is 3.86. The van der Waals surface area contributed by atoms with Gasteiger partial charge in [-0.1, -0.05) is 31.5 Å². The maximum atomic E-state index is 12.6. The number of carbonyl (C=O) groups is 1. The molecule has 146 valence electrons. The first-order chi connectivity index (χ1) is 13.4. The van der Waals surface area contributed by atoms with Crippen molar-refractivity contribution in [1.82, 2.24) is 25.3 Å². The average Bonchev–Trinajstić information content (AvgIpc) is 3.29. The highest BCUT2D eigenvalue weighted by molar-refractivity contribution is 5.76. The van der Waals surface area contributed by atoms with Crippen molar-refractivity contribution in [2.75, 3.05) is 0 Å². The van der Waals surface area contributed by atoms with E-state index in [0.717, 1.165) is 29.7 Å². The van der Waals surface area contributed by atoms with Gasteiger partial charge in [0.25, 0.3) is 0 Å². The average molecular weight is 377 g/mol. The highest BCUT2D eigenvalue weighted by Gasteiger charge is 2.35. The van der Waals surface area contributed by atoms with Gasteiger partial charge in [-0.25, -0.2) is 4.68 Å². The van der Waals surface area contributed by atoms with Crippen LogP contribution in [0.3, 0.4) is 0 Å². The number of nitrogens with one attached hydrogen (secondary N) is 2. The number of H-pyrrole nitrogens is 1. The Morgan fingerprint density at radius 3 is 2.79 bits per heavy atom. The third-order valence-corrected chi connectivity index (χ3v) is 5.49. The molecule has 1 aliphatic carbocycles. The summed E-state index contributed by atoms with van der Waals surface area (Å²) in [7, 11) is 0. The Morgan fingerprint density at radius 2 is 2.07 bits per heavy atom. The fourth-order valence-corrected chi connectivity index (χ4v) is 4.02. The van der Waals surface area contributed by atoms with Crippen molar-refractivity contribution in [2.24, 2.45) is 5.41 Å². The summed E-state index contributed by atoms with van der Waals surface area (Å²) in [6.07, 6.45) is 8.52.